The van der Waals surface area contributed by atoms with Crippen LogP contribution in [-0.2, 0) is 16.0 Å². The van der Waals surface area contributed by atoms with Crippen LogP contribution in [-0.4, -0.2) is 70.2 Å². The number of aryl methyl sites for hydroxylation is 1. The van der Waals surface area contributed by atoms with Gasteiger partial charge in [0.05, 0.1) is 18.7 Å². The van der Waals surface area contributed by atoms with Crippen LogP contribution >= 0.6 is 12.4 Å². The maximum Gasteiger partial charge on any atom is 0.333 e. The zero-order valence-electron chi connectivity index (χ0n) is 15.6. The molecule has 0 aliphatic carbocycles. The summed E-state index contributed by atoms with van der Waals surface area (Å²) in [6.07, 6.45) is 1.78. The fourth-order valence-electron chi connectivity index (χ4n) is 3.85. The number of alkyl halides is 2. The van der Waals surface area contributed by atoms with Crippen LogP contribution in [0.1, 0.15) is 36.3 Å². The van der Waals surface area contributed by atoms with E-state index in [1.54, 1.807) is 18.7 Å². The minimum Gasteiger partial charge on any atom is -0.340 e. The number of amides is 2. The van der Waals surface area contributed by atoms with Gasteiger partial charge in [-0.25, -0.2) is 4.68 Å². The predicted octanol–water partition coefficient (Wildman–Crippen LogP) is 1.28. The highest BCUT2D eigenvalue weighted by atomic mass is 35.5. The molecule has 1 N–H and O–H groups in total. The van der Waals surface area contributed by atoms with Gasteiger partial charge in [0.15, 0.2) is 0 Å². The second-order valence-corrected chi connectivity index (χ2v) is 6.95. The van der Waals surface area contributed by atoms with Crippen molar-refractivity contribution in [3.8, 4) is 0 Å². The Morgan fingerprint density at radius 3 is 2.70 bits per heavy atom. The third-order valence-electron chi connectivity index (χ3n) is 5.30. The molecular formula is C17H26ClF2N5O2. The molecule has 1 unspecified atom stereocenters. The Bertz CT molecular complexity index is 697. The summed E-state index contributed by atoms with van der Waals surface area (Å²) in [6, 6.07) is 0.0354. The fourth-order valence-corrected chi connectivity index (χ4v) is 3.85. The molecule has 1 aromatic heterocycles. The van der Waals surface area contributed by atoms with Crippen molar-refractivity contribution in [2.45, 2.75) is 45.7 Å². The standard InChI is InChI=1S/C17H25F2N5O2.ClH/c1-11-14(12(2)24(21-11)17(18)19)8-15(25)22-6-3-4-13(10-22)23-7-5-20-9-16(23)26;/h13,17,20H,3-10H2,1-2H3;1H. The van der Waals surface area contributed by atoms with Crippen LogP contribution in [0.5, 0.6) is 0 Å². The maximum atomic E-state index is 13.0. The van der Waals surface area contributed by atoms with Gasteiger partial charge in [0, 0.05) is 43.5 Å². The number of carbonyl (C=O) groups is 2. The highest BCUT2D eigenvalue weighted by Crippen LogP contribution is 2.22. The van der Waals surface area contributed by atoms with E-state index in [4.69, 9.17) is 0 Å². The molecular weight excluding hydrogens is 380 g/mol. The zero-order valence-corrected chi connectivity index (χ0v) is 16.4. The molecule has 3 heterocycles. The number of nitrogens with zero attached hydrogens (tertiary/aromatic N) is 4. The van der Waals surface area contributed by atoms with Gasteiger partial charge in [-0.05, 0) is 26.7 Å². The first kappa shape index (κ1) is 21.6. The van der Waals surface area contributed by atoms with Crippen LogP contribution in [0, 0.1) is 13.8 Å². The van der Waals surface area contributed by atoms with E-state index in [-0.39, 0.29) is 36.7 Å². The molecule has 1 aromatic rings. The van der Waals surface area contributed by atoms with Crippen molar-refractivity contribution in [3.05, 3.63) is 17.0 Å². The van der Waals surface area contributed by atoms with E-state index in [9.17, 15) is 18.4 Å². The maximum absolute atomic E-state index is 13.0. The fraction of sp³-hybridized carbons (Fsp3) is 0.706. The molecule has 7 nitrogen and oxygen atoms in total. The Kier molecular flexibility index (Phi) is 7.16. The molecule has 0 spiro atoms. The number of nitrogens with one attached hydrogen (secondary N) is 1. The summed E-state index contributed by atoms with van der Waals surface area (Å²) in [5, 5.41) is 6.89. The number of halogens is 3. The van der Waals surface area contributed by atoms with Crippen molar-refractivity contribution >= 4 is 24.2 Å². The van der Waals surface area contributed by atoms with Crippen LogP contribution in [0.4, 0.5) is 8.78 Å². The SMILES string of the molecule is Cc1nn(C(F)F)c(C)c1CC(=O)N1CCCC(N2CCNCC2=O)C1.Cl. The van der Waals surface area contributed by atoms with Gasteiger partial charge >= 0.3 is 6.55 Å². The number of piperazine rings is 1. The molecule has 0 bridgehead atoms. The molecule has 0 radical (unpaired) electrons. The summed E-state index contributed by atoms with van der Waals surface area (Å²) in [5.41, 5.74) is 1.36. The van der Waals surface area contributed by atoms with Crippen LogP contribution in [0.25, 0.3) is 0 Å². The van der Waals surface area contributed by atoms with Gasteiger partial charge in [-0.3, -0.25) is 9.59 Å². The van der Waals surface area contributed by atoms with Crippen molar-refractivity contribution in [3.63, 3.8) is 0 Å². The molecule has 2 saturated heterocycles. The average Bonchev–Trinajstić information content (AvgIpc) is 2.90. The van der Waals surface area contributed by atoms with Crippen molar-refractivity contribution in [2.75, 3.05) is 32.7 Å². The molecule has 27 heavy (non-hydrogen) atoms. The second-order valence-electron chi connectivity index (χ2n) is 6.95. The van der Waals surface area contributed by atoms with Gasteiger partial charge in [0.1, 0.15) is 0 Å². The van der Waals surface area contributed by atoms with E-state index in [0.717, 1.165) is 19.4 Å². The highest BCUT2D eigenvalue weighted by Gasteiger charge is 2.32. The Labute approximate surface area is 163 Å². The first-order chi connectivity index (χ1) is 12.4. The summed E-state index contributed by atoms with van der Waals surface area (Å²) >= 11 is 0. The van der Waals surface area contributed by atoms with E-state index in [0.29, 0.717) is 47.8 Å². The minimum absolute atomic E-state index is 0. The number of piperidine rings is 1. The lowest BCUT2D eigenvalue weighted by molar-refractivity contribution is -0.140. The third-order valence-corrected chi connectivity index (χ3v) is 5.30. The summed E-state index contributed by atoms with van der Waals surface area (Å²) in [4.78, 5) is 28.5. The molecule has 3 rings (SSSR count). The topological polar surface area (TPSA) is 70.5 Å². The molecule has 0 saturated carbocycles. The first-order valence-electron chi connectivity index (χ1n) is 8.99. The Morgan fingerprint density at radius 1 is 1.33 bits per heavy atom. The van der Waals surface area contributed by atoms with E-state index in [1.807, 2.05) is 4.90 Å². The van der Waals surface area contributed by atoms with E-state index >= 15 is 0 Å². The summed E-state index contributed by atoms with van der Waals surface area (Å²) in [7, 11) is 0. The lowest BCUT2D eigenvalue weighted by Crippen LogP contribution is -2.57. The van der Waals surface area contributed by atoms with Crippen molar-refractivity contribution in [1.82, 2.24) is 24.9 Å². The molecule has 0 aromatic carbocycles. The van der Waals surface area contributed by atoms with Gasteiger partial charge < -0.3 is 15.1 Å². The van der Waals surface area contributed by atoms with Gasteiger partial charge in [0.25, 0.3) is 0 Å². The number of aromatic nitrogens is 2. The van der Waals surface area contributed by atoms with E-state index in [1.165, 1.54) is 0 Å². The molecule has 2 fully saturated rings. The van der Waals surface area contributed by atoms with Crippen LogP contribution < -0.4 is 5.32 Å². The third kappa shape index (κ3) is 4.57. The molecule has 10 heteroatoms. The van der Waals surface area contributed by atoms with E-state index < -0.39 is 6.55 Å². The summed E-state index contributed by atoms with van der Waals surface area (Å²) in [5.74, 6) is -0.0299. The van der Waals surface area contributed by atoms with Gasteiger partial charge in [-0.2, -0.15) is 13.9 Å². The quantitative estimate of drug-likeness (QED) is 0.819. The molecule has 2 aliphatic rings. The summed E-state index contributed by atoms with van der Waals surface area (Å²) < 4.78 is 26.6. The second kappa shape index (κ2) is 8.97. The lowest BCUT2D eigenvalue weighted by Gasteiger charge is -2.41. The van der Waals surface area contributed by atoms with Crippen LogP contribution in [0.2, 0.25) is 0 Å². The minimum atomic E-state index is -2.71. The number of carbonyl (C=O) groups excluding carboxylic acids is 2. The van der Waals surface area contributed by atoms with Gasteiger partial charge in [-0.15, -0.1) is 12.4 Å². The van der Waals surface area contributed by atoms with Crippen LogP contribution in [0.3, 0.4) is 0 Å². The van der Waals surface area contributed by atoms with Crippen LogP contribution in [0.15, 0.2) is 0 Å². The molecule has 2 amide bonds. The highest BCUT2D eigenvalue weighted by molar-refractivity contribution is 5.85. The summed E-state index contributed by atoms with van der Waals surface area (Å²) in [6.45, 7) is 3.40. The number of hydrogen-bond acceptors (Lipinski definition) is 4. The van der Waals surface area contributed by atoms with Gasteiger partial charge in [0.2, 0.25) is 11.8 Å². The first-order valence-corrected chi connectivity index (χ1v) is 8.99. The smallest absolute Gasteiger partial charge is 0.333 e. The number of hydrogen-bond donors (Lipinski definition) is 1. The number of likely N-dealkylation sites (tertiary alicyclic amines) is 1. The van der Waals surface area contributed by atoms with Crippen molar-refractivity contribution < 1.29 is 18.4 Å². The van der Waals surface area contributed by atoms with E-state index in [2.05, 4.69) is 10.4 Å². The predicted molar refractivity (Wildman–Crippen MR) is 98.1 cm³/mol. The van der Waals surface area contributed by atoms with Gasteiger partial charge in [-0.1, -0.05) is 0 Å². The Morgan fingerprint density at radius 2 is 2.07 bits per heavy atom. The average molecular weight is 406 g/mol. The monoisotopic (exact) mass is 405 g/mol. The Balaban J connectivity index is 0.00000261. The normalized spacial score (nSPS) is 20.8. The lowest BCUT2D eigenvalue weighted by atomic mass is 10.0. The largest absolute Gasteiger partial charge is 0.340 e. The van der Waals surface area contributed by atoms with Crippen molar-refractivity contribution in [1.29, 1.82) is 0 Å². The molecule has 2 aliphatic heterocycles. The molecule has 1 atom stereocenters. The molecule has 152 valence electrons. The number of rotatable bonds is 4. The van der Waals surface area contributed by atoms with Crippen molar-refractivity contribution in [2.24, 2.45) is 0 Å². The Hall–Kier alpha value is -1.74. The zero-order chi connectivity index (χ0) is 18.8.